The molecule has 178 valence electrons. The van der Waals surface area contributed by atoms with Gasteiger partial charge in [0.15, 0.2) is 0 Å². The zero-order valence-electron chi connectivity index (χ0n) is 19.7. The van der Waals surface area contributed by atoms with Gasteiger partial charge in [0.25, 0.3) is 5.91 Å². The van der Waals surface area contributed by atoms with Gasteiger partial charge in [-0.05, 0) is 44.5 Å². The van der Waals surface area contributed by atoms with Crippen LogP contribution in [-0.2, 0) is 9.53 Å². The number of hydrogen-bond acceptors (Lipinski definition) is 6. The molecule has 1 aromatic heterocycles. The number of esters is 1. The van der Waals surface area contributed by atoms with Crippen molar-refractivity contribution in [2.75, 3.05) is 45.9 Å². The molecular weight excluding hydrogens is 422 g/mol. The number of ether oxygens (including phenoxy) is 1. The van der Waals surface area contributed by atoms with Crippen molar-refractivity contribution in [3.05, 3.63) is 47.3 Å². The fourth-order valence-corrected chi connectivity index (χ4v) is 3.78. The van der Waals surface area contributed by atoms with Gasteiger partial charge < -0.3 is 15.0 Å². The standard InChI is InChI=1S/C24H33N5O4/c1-4-6-11-25-22(30)17-27-12-14-28(15-13-27)23(31)19-7-9-20(10-8-19)29-18(3)21(16-26-29)24(32)33-5-2/h7-10,16H,4-6,11-15,17H2,1-3H3,(H,25,30). The van der Waals surface area contributed by atoms with Crippen LogP contribution in [0.4, 0.5) is 0 Å². The Labute approximate surface area is 194 Å². The molecular formula is C24H33N5O4. The SMILES string of the molecule is CCCCNC(=O)CN1CCN(C(=O)c2ccc(-n3ncc(C(=O)OCC)c3C)cc2)CC1. The first-order valence-electron chi connectivity index (χ1n) is 11.5. The summed E-state index contributed by atoms with van der Waals surface area (Å²) in [7, 11) is 0. The summed E-state index contributed by atoms with van der Waals surface area (Å²) in [5.74, 6) is -0.387. The van der Waals surface area contributed by atoms with Crippen LogP contribution in [0.2, 0.25) is 0 Å². The summed E-state index contributed by atoms with van der Waals surface area (Å²) in [6, 6.07) is 7.19. The van der Waals surface area contributed by atoms with E-state index < -0.39 is 5.97 Å². The molecule has 0 radical (unpaired) electrons. The molecule has 9 nitrogen and oxygen atoms in total. The van der Waals surface area contributed by atoms with Crippen LogP contribution in [0.5, 0.6) is 0 Å². The van der Waals surface area contributed by atoms with Crippen molar-refractivity contribution in [1.82, 2.24) is 24.9 Å². The molecule has 33 heavy (non-hydrogen) atoms. The molecule has 9 heteroatoms. The minimum absolute atomic E-state index is 0.0296. The summed E-state index contributed by atoms with van der Waals surface area (Å²) in [6.45, 7) is 9.58. The lowest BCUT2D eigenvalue weighted by Gasteiger charge is -2.34. The monoisotopic (exact) mass is 455 g/mol. The van der Waals surface area contributed by atoms with E-state index in [-0.39, 0.29) is 11.8 Å². The minimum atomic E-state index is -0.398. The summed E-state index contributed by atoms with van der Waals surface area (Å²) >= 11 is 0. The molecule has 0 unspecified atom stereocenters. The molecule has 1 aliphatic rings. The third kappa shape index (κ3) is 6.19. The Morgan fingerprint density at radius 3 is 2.39 bits per heavy atom. The van der Waals surface area contributed by atoms with Gasteiger partial charge in [-0.2, -0.15) is 5.10 Å². The summed E-state index contributed by atoms with van der Waals surface area (Å²) < 4.78 is 6.72. The van der Waals surface area contributed by atoms with Crippen molar-refractivity contribution in [2.45, 2.75) is 33.6 Å². The zero-order chi connectivity index (χ0) is 23.8. The lowest BCUT2D eigenvalue weighted by molar-refractivity contribution is -0.122. The summed E-state index contributed by atoms with van der Waals surface area (Å²) in [5, 5.41) is 7.22. The van der Waals surface area contributed by atoms with Gasteiger partial charge in [-0.1, -0.05) is 13.3 Å². The number of rotatable bonds is 9. The van der Waals surface area contributed by atoms with Crippen LogP contribution in [0.15, 0.2) is 30.5 Å². The Hall–Kier alpha value is -3.20. The average molecular weight is 456 g/mol. The first-order valence-corrected chi connectivity index (χ1v) is 11.5. The summed E-state index contributed by atoms with van der Waals surface area (Å²) in [5.41, 5.74) is 2.47. The Kier molecular flexibility index (Phi) is 8.59. The molecule has 1 N–H and O–H groups in total. The second kappa shape index (κ2) is 11.6. The predicted molar refractivity (Wildman–Crippen MR) is 125 cm³/mol. The molecule has 0 spiro atoms. The fraction of sp³-hybridized carbons (Fsp3) is 0.500. The number of piperazine rings is 1. The molecule has 1 aliphatic heterocycles. The minimum Gasteiger partial charge on any atom is -0.462 e. The van der Waals surface area contributed by atoms with Crippen molar-refractivity contribution in [3.8, 4) is 5.69 Å². The van der Waals surface area contributed by atoms with Gasteiger partial charge in [-0.3, -0.25) is 14.5 Å². The molecule has 0 bridgehead atoms. The lowest BCUT2D eigenvalue weighted by atomic mass is 10.1. The second-order valence-electron chi connectivity index (χ2n) is 8.09. The van der Waals surface area contributed by atoms with Crippen LogP contribution in [0.25, 0.3) is 5.69 Å². The third-order valence-electron chi connectivity index (χ3n) is 5.74. The number of carbonyl (C=O) groups is 3. The molecule has 1 saturated heterocycles. The zero-order valence-corrected chi connectivity index (χ0v) is 19.7. The quantitative estimate of drug-likeness (QED) is 0.459. The molecule has 1 aromatic carbocycles. The largest absolute Gasteiger partial charge is 0.462 e. The first kappa shape index (κ1) is 24.4. The van der Waals surface area contributed by atoms with E-state index in [9.17, 15) is 14.4 Å². The maximum absolute atomic E-state index is 12.9. The van der Waals surface area contributed by atoms with Crippen LogP contribution >= 0.6 is 0 Å². The molecule has 2 aromatic rings. The van der Waals surface area contributed by atoms with Gasteiger partial charge in [0, 0.05) is 38.3 Å². The Balaban J connectivity index is 1.55. The van der Waals surface area contributed by atoms with Crippen molar-refractivity contribution >= 4 is 17.8 Å². The van der Waals surface area contributed by atoms with Gasteiger partial charge >= 0.3 is 5.97 Å². The van der Waals surface area contributed by atoms with Gasteiger partial charge in [-0.25, -0.2) is 9.48 Å². The Bertz CT molecular complexity index is 962. The molecule has 2 amide bonds. The third-order valence-corrected chi connectivity index (χ3v) is 5.74. The highest BCUT2D eigenvalue weighted by molar-refractivity contribution is 5.94. The molecule has 0 saturated carbocycles. The number of aromatic nitrogens is 2. The fourth-order valence-electron chi connectivity index (χ4n) is 3.78. The summed E-state index contributed by atoms with van der Waals surface area (Å²) in [6.07, 6.45) is 3.54. The van der Waals surface area contributed by atoms with E-state index in [0.29, 0.717) is 62.7 Å². The molecule has 1 fully saturated rings. The number of benzene rings is 1. The van der Waals surface area contributed by atoms with Crippen molar-refractivity contribution in [2.24, 2.45) is 0 Å². The van der Waals surface area contributed by atoms with E-state index in [0.717, 1.165) is 18.5 Å². The van der Waals surface area contributed by atoms with Crippen LogP contribution in [0.1, 0.15) is 53.1 Å². The van der Waals surface area contributed by atoms with E-state index in [1.165, 1.54) is 6.20 Å². The highest BCUT2D eigenvalue weighted by Crippen LogP contribution is 2.17. The first-order chi connectivity index (χ1) is 15.9. The smallest absolute Gasteiger partial charge is 0.341 e. The highest BCUT2D eigenvalue weighted by atomic mass is 16.5. The number of hydrogen-bond donors (Lipinski definition) is 1. The number of carbonyl (C=O) groups excluding carboxylic acids is 3. The Morgan fingerprint density at radius 1 is 1.06 bits per heavy atom. The van der Waals surface area contributed by atoms with Gasteiger partial charge in [-0.15, -0.1) is 0 Å². The maximum Gasteiger partial charge on any atom is 0.341 e. The van der Waals surface area contributed by atoms with Crippen LogP contribution in [-0.4, -0.2) is 83.2 Å². The maximum atomic E-state index is 12.9. The second-order valence-corrected chi connectivity index (χ2v) is 8.09. The van der Waals surface area contributed by atoms with Crippen LogP contribution < -0.4 is 5.32 Å². The molecule has 3 rings (SSSR count). The number of amides is 2. The number of nitrogens with one attached hydrogen (secondary N) is 1. The molecule has 2 heterocycles. The van der Waals surface area contributed by atoms with E-state index in [1.807, 2.05) is 24.0 Å². The normalized spacial score (nSPS) is 14.2. The van der Waals surface area contributed by atoms with Crippen LogP contribution in [0.3, 0.4) is 0 Å². The van der Waals surface area contributed by atoms with Gasteiger partial charge in [0.2, 0.25) is 5.91 Å². The predicted octanol–water partition coefficient (Wildman–Crippen LogP) is 2.03. The van der Waals surface area contributed by atoms with E-state index in [1.54, 1.807) is 23.7 Å². The van der Waals surface area contributed by atoms with E-state index in [2.05, 4.69) is 22.2 Å². The van der Waals surface area contributed by atoms with Crippen molar-refractivity contribution in [3.63, 3.8) is 0 Å². The van der Waals surface area contributed by atoms with Crippen molar-refractivity contribution in [1.29, 1.82) is 0 Å². The van der Waals surface area contributed by atoms with E-state index in [4.69, 9.17) is 4.74 Å². The molecule has 0 atom stereocenters. The highest BCUT2D eigenvalue weighted by Gasteiger charge is 2.23. The summed E-state index contributed by atoms with van der Waals surface area (Å²) in [4.78, 5) is 40.8. The van der Waals surface area contributed by atoms with Gasteiger partial charge in [0.05, 0.1) is 30.7 Å². The van der Waals surface area contributed by atoms with E-state index >= 15 is 0 Å². The Morgan fingerprint density at radius 2 is 1.76 bits per heavy atom. The average Bonchev–Trinajstić information content (AvgIpc) is 3.21. The topological polar surface area (TPSA) is 96.8 Å². The molecule has 0 aliphatic carbocycles. The number of unbranched alkanes of at least 4 members (excludes halogenated alkanes) is 1. The van der Waals surface area contributed by atoms with Gasteiger partial charge in [0.1, 0.15) is 5.56 Å². The number of nitrogens with zero attached hydrogens (tertiary/aromatic N) is 4. The van der Waals surface area contributed by atoms with Crippen molar-refractivity contribution < 1.29 is 19.1 Å². The van der Waals surface area contributed by atoms with Crippen LogP contribution in [0, 0.1) is 6.92 Å². The lowest BCUT2D eigenvalue weighted by Crippen LogP contribution is -2.51.